The van der Waals surface area contributed by atoms with Crippen LogP contribution in [0.25, 0.3) is 0 Å². The average molecular weight is 289 g/mol. The molecule has 0 fully saturated rings. The number of hydrogen-bond acceptors (Lipinski definition) is 4. The van der Waals surface area contributed by atoms with Crippen molar-refractivity contribution >= 4 is 23.4 Å². The second kappa shape index (κ2) is 4.64. The standard InChI is InChI=1S/C14H15N3O2S/c1-8-6-12(17(3)15-8)20-9-4-5-10-11(7-9)16(2)14(19)13(10)18/h4-7,13,18H,1-3H3. The van der Waals surface area contributed by atoms with E-state index in [2.05, 4.69) is 5.10 Å². The topological polar surface area (TPSA) is 58.4 Å². The molecule has 6 heteroatoms. The molecule has 1 N–H and O–H groups in total. The van der Waals surface area contributed by atoms with Crippen molar-refractivity contribution in [1.82, 2.24) is 9.78 Å². The summed E-state index contributed by atoms with van der Waals surface area (Å²) < 4.78 is 1.83. The summed E-state index contributed by atoms with van der Waals surface area (Å²) in [6.45, 7) is 1.95. The zero-order chi connectivity index (χ0) is 14.4. The Hall–Kier alpha value is -1.79. The minimum Gasteiger partial charge on any atom is -0.378 e. The maximum Gasteiger partial charge on any atom is 0.260 e. The maximum atomic E-state index is 11.7. The Balaban J connectivity index is 1.94. The van der Waals surface area contributed by atoms with Crippen molar-refractivity contribution in [3.63, 3.8) is 0 Å². The molecule has 2 aromatic rings. The van der Waals surface area contributed by atoms with Gasteiger partial charge in [-0.05, 0) is 25.1 Å². The predicted molar refractivity (Wildman–Crippen MR) is 76.9 cm³/mol. The summed E-state index contributed by atoms with van der Waals surface area (Å²) in [6.07, 6.45) is -1.03. The van der Waals surface area contributed by atoms with Crippen LogP contribution in [-0.4, -0.2) is 27.8 Å². The number of carbonyl (C=O) groups is 1. The summed E-state index contributed by atoms with van der Waals surface area (Å²) in [5.74, 6) is -0.279. The first-order chi connectivity index (χ1) is 9.47. The number of aromatic nitrogens is 2. The van der Waals surface area contributed by atoms with Gasteiger partial charge in [0.05, 0.1) is 16.4 Å². The van der Waals surface area contributed by atoms with Gasteiger partial charge in [0.15, 0.2) is 6.10 Å². The summed E-state index contributed by atoms with van der Waals surface area (Å²) in [5.41, 5.74) is 2.41. The Labute approximate surface area is 121 Å². The summed E-state index contributed by atoms with van der Waals surface area (Å²) >= 11 is 1.59. The molecule has 2 heterocycles. The normalized spacial score (nSPS) is 17.7. The molecule has 1 aliphatic rings. The second-order valence-corrected chi connectivity index (χ2v) is 5.96. The van der Waals surface area contributed by atoms with Crippen molar-refractivity contribution in [3.05, 3.63) is 35.5 Å². The molecular weight excluding hydrogens is 274 g/mol. The SMILES string of the molecule is Cc1cc(Sc2ccc3c(c2)N(C)C(=O)C3O)n(C)n1. The molecule has 104 valence electrons. The number of fused-ring (bicyclic) bond motifs is 1. The molecule has 1 unspecified atom stereocenters. The lowest BCUT2D eigenvalue weighted by atomic mass is 10.1. The fourth-order valence-corrected chi connectivity index (χ4v) is 3.30. The Bertz CT molecular complexity index is 696. The van der Waals surface area contributed by atoms with E-state index in [1.54, 1.807) is 18.8 Å². The highest BCUT2D eigenvalue weighted by Gasteiger charge is 2.33. The lowest BCUT2D eigenvalue weighted by molar-refractivity contribution is -0.125. The molecule has 1 aromatic heterocycles. The van der Waals surface area contributed by atoms with Crippen LogP contribution in [0.4, 0.5) is 5.69 Å². The van der Waals surface area contributed by atoms with E-state index in [0.29, 0.717) is 5.56 Å². The lowest BCUT2D eigenvalue weighted by Gasteiger charge is -2.10. The van der Waals surface area contributed by atoms with Crippen LogP contribution < -0.4 is 4.90 Å². The van der Waals surface area contributed by atoms with Crippen molar-refractivity contribution in [1.29, 1.82) is 0 Å². The van der Waals surface area contributed by atoms with Crippen molar-refractivity contribution in [2.24, 2.45) is 7.05 Å². The largest absolute Gasteiger partial charge is 0.378 e. The first kappa shape index (κ1) is 13.2. The third kappa shape index (κ3) is 2.01. The van der Waals surface area contributed by atoms with Crippen molar-refractivity contribution in [3.8, 4) is 0 Å². The first-order valence-electron chi connectivity index (χ1n) is 6.25. The molecule has 1 atom stereocenters. The molecule has 1 amide bonds. The zero-order valence-corrected chi connectivity index (χ0v) is 12.3. The van der Waals surface area contributed by atoms with Gasteiger partial charge in [-0.2, -0.15) is 5.10 Å². The Morgan fingerprint density at radius 3 is 2.70 bits per heavy atom. The molecule has 0 saturated carbocycles. The molecule has 5 nitrogen and oxygen atoms in total. The van der Waals surface area contributed by atoms with Crippen LogP contribution in [0.3, 0.4) is 0 Å². The van der Waals surface area contributed by atoms with Gasteiger partial charge >= 0.3 is 0 Å². The number of aliphatic hydroxyl groups is 1. The highest BCUT2D eigenvalue weighted by Crippen LogP contribution is 2.39. The fourth-order valence-electron chi connectivity index (χ4n) is 2.35. The number of benzene rings is 1. The lowest BCUT2D eigenvalue weighted by Crippen LogP contribution is -2.23. The maximum absolute atomic E-state index is 11.7. The predicted octanol–water partition coefficient (Wildman–Crippen LogP) is 1.89. The number of rotatable bonds is 2. The van der Waals surface area contributed by atoms with Crippen LogP contribution in [0.15, 0.2) is 34.2 Å². The van der Waals surface area contributed by atoms with Gasteiger partial charge in [-0.15, -0.1) is 0 Å². The van der Waals surface area contributed by atoms with E-state index >= 15 is 0 Å². The number of aryl methyl sites for hydroxylation is 2. The van der Waals surface area contributed by atoms with Crippen LogP contribution >= 0.6 is 11.8 Å². The number of nitrogens with zero attached hydrogens (tertiary/aromatic N) is 3. The van der Waals surface area contributed by atoms with Gasteiger partial charge in [0.1, 0.15) is 0 Å². The van der Waals surface area contributed by atoms with Crippen LogP contribution in [-0.2, 0) is 11.8 Å². The van der Waals surface area contributed by atoms with Gasteiger partial charge in [0.25, 0.3) is 5.91 Å². The minimum absolute atomic E-state index is 0.279. The van der Waals surface area contributed by atoms with Gasteiger partial charge in [-0.25, -0.2) is 0 Å². The third-order valence-electron chi connectivity index (χ3n) is 3.40. The number of likely N-dealkylation sites (N-methyl/N-ethyl adjacent to an activating group) is 1. The monoisotopic (exact) mass is 289 g/mol. The minimum atomic E-state index is -1.03. The molecule has 1 aliphatic heterocycles. The van der Waals surface area contributed by atoms with E-state index < -0.39 is 6.10 Å². The van der Waals surface area contributed by atoms with E-state index in [1.807, 2.05) is 42.9 Å². The quantitative estimate of drug-likeness (QED) is 0.917. The third-order valence-corrected chi connectivity index (χ3v) is 4.48. The highest BCUT2D eigenvalue weighted by atomic mass is 32.2. The molecule has 0 saturated heterocycles. The first-order valence-corrected chi connectivity index (χ1v) is 7.07. The number of carbonyl (C=O) groups excluding carboxylic acids is 1. The molecule has 1 aromatic carbocycles. The van der Waals surface area contributed by atoms with Crippen molar-refractivity contribution in [2.45, 2.75) is 22.9 Å². The summed E-state index contributed by atoms with van der Waals surface area (Å²) in [5, 5.41) is 15.2. The summed E-state index contributed by atoms with van der Waals surface area (Å²) in [6, 6.07) is 7.67. The highest BCUT2D eigenvalue weighted by molar-refractivity contribution is 7.99. The van der Waals surface area contributed by atoms with Gasteiger partial charge < -0.3 is 10.0 Å². The van der Waals surface area contributed by atoms with Gasteiger partial charge in [-0.3, -0.25) is 9.48 Å². The van der Waals surface area contributed by atoms with Crippen molar-refractivity contribution < 1.29 is 9.90 Å². The number of amides is 1. The Morgan fingerprint density at radius 1 is 1.30 bits per heavy atom. The van der Waals surface area contributed by atoms with Crippen LogP contribution in [0.5, 0.6) is 0 Å². The van der Waals surface area contributed by atoms with Gasteiger partial charge in [0, 0.05) is 24.6 Å². The zero-order valence-electron chi connectivity index (χ0n) is 11.5. The fraction of sp³-hybridized carbons (Fsp3) is 0.286. The van der Waals surface area contributed by atoms with Gasteiger partial charge in [-0.1, -0.05) is 17.8 Å². The molecule has 0 spiro atoms. The number of anilines is 1. The van der Waals surface area contributed by atoms with Gasteiger partial charge in [0.2, 0.25) is 0 Å². The number of aliphatic hydroxyl groups excluding tert-OH is 1. The molecule has 20 heavy (non-hydrogen) atoms. The van der Waals surface area contributed by atoms with Crippen LogP contribution in [0.1, 0.15) is 17.4 Å². The average Bonchev–Trinajstić information content (AvgIpc) is 2.83. The Kier molecular flexibility index (Phi) is 3.07. The smallest absolute Gasteiger partial charge is 0.260 e. The molecule has 0 aliphatic carbocycles. The Morgan fingerprint density at radius 2 is 2.05 bits per heavy atom. The van der Waals surface area contributed by atoms with Crippen LogP contribution in [0, 0.1) is 6.92 Å². The van der Waals surface area contributed by atoms with E-state index in [9.17, 15) is 9.90 Å². The van der Waals surface area contributed by atoms with E-state index in [-0.39, 0.29) is 5.91 Å². The van der Waals surface area contributed by atoms with Crippen LogP contribution in [0.2, 0.25) is 0 Å². The molecule has 0 radical (unpaired) electrons. The van der Waals surface area contributed by atoms with E-state index in [4.69, 9.17) is 0 Å². The molecule has 0 bridgehead atoms. The summed E-state index contributed by atoms with van der Waals surface area (Å²) in [4.78, 5) is 14.3. The second-order valence-electron chi connectivity index (χ2n) is 4.87. The number of hydrogen-bond donors (Lipinski definition) is 1. The molecule has 3 rings (SSSR count). The molecular formula is C14H15N3O2S. The van der Waals surface area contributed by atoms with Crippen molar-refractivity contribution in [2.75, 3.05) is 11.9 Å². The summed E-state index contributed by atoms with van der Waals surface area (Å²) in [7, 11) is 3.59. The van der Waals surface area contributed by atoms with E-state index in [0.717, 1.165) is 21.3 Å². The van der Waals surface area contributed by atoms with E-state index in [1.165, 1.54) is 4.90 Å².